The summed E-state index contributed by atoms with van der Waals surface area (Å²) in [5, 5.41) is 4.82. The van der Waals surface area contributed by atoms with E-state index in [9.17, 15) is 0 Å². The number of benzene rings is 1. The molecule has 0 atom stereocenters. The molecule has 8 heteroatoms. The highest BCUT2D eigenvalue weighted by Gasteiger charge is 2.18. The second-order valence-corrected chi connectivity index (χ2v) is 5.63. The van der Waals surface area contributed by atoms with Crippen molar-refractivity contribution in [1.29, 1.82) is 0 Å². The minimum atomic E-state index is 0.284. The fourth-order valence-corrected chi connectivity index (χ4v) is 3.06. The molecular formula is C16H14ClN7. The number of imidazole rings is 1. The summed E-state index contributed by atoms with van der Waals surface area (Å²) in [6, 6.07) is 7.68. The molecule has 0 unspecified atom stereocenters. The lowest BCUT2D eigenvalue weighted by atomic mass is 10.1. The minimum absolute atomic E-state index is 0.284. The fourth-order valence-electron chi connectivity index (χ4n) is 2.82. The first-order valence-electron chi connectivity index (χ1n) is 7.45. The Morgan fingerprint density at radius 2 is 2.00 bits per heavy atom. The highest BCUT2D eigenvalue weighted by molar-refractivity contribution is 6.33. The van der Waals surface area contributed by atoms with Crippen LogP contribution in [-0.2, 0) is 6.54 Å². The Bertz CT molecular complexity index is 1030. The Kier molecular flexibility index (Phi) is 3.42. The van der Waals surface area contributed by atoms with E-state index in [1.807, 2.05) is 35.8 Å². The number of nitrogens with zero attached hydrogens (tertiary/aromatic N) is 6. The number of rotatable bonds is 3. The van der Waals surface area contributed by atoms with Gasteiger partial charge in [0.15, 0.2) is 0 Å². The summed E-state index contributed by atoms with van der Waals surface area (Å²) in [6.07, 6.45) is 4.92. The summed E-state index contributed by atoms with van der Waals surface area (Å²) in [6.45, 7) is 2.72. The van der Waals surface area contributed by atoms with Gasteiger partial charge in [-0.3, -0.25) is 4.98 Å². The molecule has 4 aromatic rings. The molecule has 0 fully saturated rings. The van der Waals surface area contributed by atoms with Gasteiger partial charge in [0, 0.05) is 28.9 Å². The van der Waals surface area contributed by atoms with Gasteiger partial charge >= 0.3 is 0 Å². The zero-order valence-corrected chi connectivity index (χ0v) is 13.6. The van der Waals surface area contributed by atoms with Gasteiger partial charge in [-0.1, -0.05) is 29.8 Å². The van der Waals surface area contributed by atoms with E-state index >= 15 is 0 Å². The Hall–Kier alpha value is -2.93. The third-order valence-electron chi connectivity index (χ3n) is 3.87. The largest absolute Gasteiger partial charge is 0.368 e. The molecule has 24 heavy (non-hydrogen) atoms. The molecule has 0 radical (unpaired) electrons. The van der Waals surface area contributed by atoms with E-state index in [2.05, 4.69) is 20.1 Å². The lowest BCUT2D eigenvalue weighted by Gasteiger charge is -2.10. The van der Waals surface area contributed by atoms with E-state index in [-0.39, 0.29) is 5.95 Å². The topological polar surface area (TPSA) is 87.4 Å². The smallest absolute Gasteiger partial charge is 0.235 e. The summed E-state index contributed by atoms with van der Waals surface area (Å²) in [4.78, 5) is 12.9. The maximum atomic E-state index is 6.38. The van der Waals surface area contributed by atoms with Crippen LogP contribution in [0.1, 0.15) is 6.92 Å². The number of pyridine rings is 1. The zero-order valence-electron chi connectivity index (χ0n) is 12.9. The van der Waals surface area contributed by atoms with Crippen LogP contribution in [0.25, 0.3) is 28.1 Å². The molecule has 120 valence electrons. The summed E-state index contributed by atoms with van der Waals surface area (Å²) < 4.78 is 3.54. The van der Waals surface area contributed by atoms with Crippen LogP contribution < -0.4 is 5.73 Å². The molecular weight excluding hydrogens is 326 g/mol. The van der Waals surface area contributed by atoms with Crippen LogP contribution in [0.4, 0.5) is 5.95 Å². The average Bonchev–Trinajstić information content (AvgIpc) is 3.17. The Morgan fingerprint density at radius 3 is 2.71 bits per heavy atom. The predicted molar refractivity (Wildman–Crippen MR) is 93.0 cm³/mol. The van der Waals surface area contributed by atoms with Crippen molar-refractivity contribution in [3.8, 4) is 17.1 Å². The quantitative estimate of drug-likeness (QED) is 0.620. The Morgan fingerprint density at radius 1 is 1.17 bits per heavy atom. The van der Waals surface area contributed by atoms with Gasteiger partial charge in [0.1, 0.15) is 11.8 Å². The van der Waals surface area contributed by atoms with Gasteiger partial charge in [0.05, 0.1) is 11.7 Å². The standard InChI is InChI=1S/C16H14ClN7/c1-2-23-14-11(10-5-3-4-6-12(10)17)7-19-8-13(14)22-16(23)24-15(18)20-9-21-24/h3-9H,2H2,1H3,(H2,18,20,21). The first kappa shape index (κ1) is 14.6. The van der Waals surface area contributed by atoms with Gasteiger partial charge < -0.3 is 10.3 Å². The summed E-state index contributed by atoms with van der Waals surface area (Å²) >= 11 is 6.38. The average molecular weight is 340 g/mol. The number of aromatic nitrogens is 6. The first-order chi connectivity index (χ1) is 11.7. The minimum Gasteiger partial charge on any atom is -0.368 e. The van der Waals surface area contributed by atoms with Crippen molar-refractivity contribution >= 4 is 28.6 Å². The predicted octanol–water partition coefficient (Wildman–Crippen LogP) is 2.93. The van der Waals surface area contributed by atoms with Crippen LogP contribution in [0.5, 0.6) is 0 Å². The second kappa shape index (κ2) is 5.61. The van der Waals surface area contributed by atoms with Crippen molar-refractivity contribution in [3.05, 3.63) is 48.0 Å². The Labute approximate surface area is 142 Å². The van der Waals surface area contributed by atoms with Gasteiger partial charge in [0.25, 0.3) is 0 Å². The van der Waals surface area contributed by atoms with Crippen molar-refractivity contribution < 1.29 is 0 Å². The van der Waals surface area contributed by atoms with Crippen molar-refractivity contribution in [1.82, 2.24) is 29.3 Å². The number of fused-ring (bicyclic) bond motifs is 1. The van der Waals surface area contributed by atoms with E-state index < -0.39 is 0 Å². The molecule has 2 N–H and O–H groups in total. The maximum Gasteiger partial charge on any atom is 0.235 e. The zero-order chi connectivity index (χ0) is 16.7. The van der Waals surface area contributed by atoms with Crippen molar-refractivity contribution in [2.45, 2.75) is 13.5 Å². The van der Waals surface area contributed by atoms with Crippen LogP contribution in [0.2, 0.25) is 5.02 Å². The van der Waals surface area contributed by atoms with E-state index in [0.717, 1.165) is 22.2 Å². The molecule has 0 amide bonds. The second-order valence-electron chi connectivity index (χ2n) is 5.22. The molecule has 0 saturated heterocycles. The number of aryl methyl sites for hydroxylation is 1. The number of nitrogens with two attached hydrogens (primary N) is 1. The molecule has 0 bridgehead atoms. The number of hydrogen-bond acceptors (Lipinski definition) is 5. The molecule has 4 rings (SSSR count). The van der Waals surface area contributed by atoms with Crippen LogP contribution in [0.15, 0.2) is 43.0 Å². The lowest BCUT2D eigenvalue weighted by Crippen LogP contribution is -2.10. The summed E-state index contributed by atoms with van der Waals surface area (Å²) in [7, 11) is 0. The van der Waals surface area contributed by atoms with Gasteiger partial charge in [0.2, 0.25) is 11.9 Å². The molecule has 3 aromatic heterocycles. The molecule has 3 heterocycles. The molecule has 0 aliphatic rings. The van der Waals surface area contributed by atoms with Gasteiger partial charge in [-0.2, -0.15) is 14.8 Å². The number of nitrogen functional groups attached to an aromatic ring is 1. The SMILES string of the molecule is CCn1c(-n2ncnc2N)nc2cncc(-c3ccccc3Cl)c21. The van der Waals surface area contributed by atoms with Gasteiger partial charge in [-0.25, -0.2) is 4.98 Å². The third-order valence-corrected chi connectivity index (χ3v) is 4.20. The van der Waals surface area contributed by atoms with Crippen molar-refractivity contribution in [2.24, 2.45) is 0 Å². The fraction of sp³-hybridized carbons (Fsp3) is 0.125. The lowest BCUT2D eigenvalue weighted by molar-refractivity contribution is 0.706. The highest BCUT2D eigenvalue weighted by atomic mass is 35.5. The van der Waals surface area contributed by atoms with Crippen molar-refractivity contribution in [2.75, 3.05) is 5.73 Å². The van der Waals surface area contributed by atoms with Crippen LogP contribution in [0.3, 0.4) is 0 Å². The van der Waals surface area contributed by atoms with Gasteiger partial charge in [-0.05, 0) is 13.0 Å². The molecule has 0 spiro atoms. The van der Waals surface area contributed by atoms with E-state index in [0.29, 0.717) is 17.5 Å². The van der Waals surface area contributed by atoms with Crippen molar-refractivity contribution in [3.63, 3.8) is 0 Å². The molecule has 1 aromatic carbocycles. The third kappa shape index (κ3) is 2.13. The molecule has 0 aliphatic heterocycles. The molecule has 7 nitrogen and oxygen atoms in total. The van der Waals surface area contributed by atoms with E-state index in [1.165, 1.54) is 11.0 Å². The summed E-state index contributed by atoms with van der Waals surface area (Å²) in [5.41, 5.74) is 9.40. The Balaban J connectivity index is 2.06. The monoisotopic (exact) mass is 339 g/mol. The number of halogens is 1. The van der Waals surface area contributed by atoms with E-state index in [1.54, 1.807) is 12.4 Å². The molecule has 0 saturated carbocycles. The van der Waals surface area contributed by atoms with Crippen LogP contribution in [0, 0.1) is 0 Å². The number of anilines is 1. The van der Waals surface area contributed by atoms with E-state index in [4.69, 9.17) is 17.3 Å². The highest BCUT2D eigenvalue weighted by Crippen LogP contribution is 2.33. The van der Waals surface area contributed by atoms with Gasteiger partial charge in [-0.15, -0.1) is 0 Å². The van der Waals surface area contributed by atoms with Crippen LogP contribution in [-0.4, -0.2) is 29.3 Å². The normalized spacial score (nSPS) is 11.2. The maximum absolute atomic E-state index is 6.38. The molecule has 0 aliphatic carbocycles. The summed E-state index contributed by atoms with van der Waals surface area (Å²) in [5.74, 6) is 0.885. The van der Waals surface area contributed by atoms with Crippen LogP contribution >= 0.6 is 11.6 Å². The number of hydrogen-bond donors (Lipinski definition) is 1. The first-order valence-corrected chi connectivity index (χ1v) is 7.83.